The third-order valence-corrected chi connectivity index (χ3v) is 5.12. The number of aromatic nitrogens is 2. The van der Waals surface area contributed by atoms with E-state index < -0.39 is 0 Å². The number of pyridine rings is 2. The van der Waals surface area contributed by atoms with Crippen LogP contribution in [0.2, 0.25) is 0 Å². The van der Waals surface area contributed by atoms with Gasteiger partial charge in [-0.3, -0.25) is 4.98 Å². The summed E-state index contributed by atoms with van der Waals surface area (Å²) in [6.45, 7) is 2.62. The van der Waals surface area contributed by atoms with Crippen molar-refractivity contribution < 1.29 is 0 Å². The Morgan fingerprint density at radius 2 is 1.70 bits per heavy atom. The average Bonchev–Trinajstić information content (AvgIpc) is 2.74. The van der Waals surface area contributed by atoms with Crippen molar-refractivity contribution in [3.8, 4) is 0 Å². The van der Waals surface area contributed by atoms with Crippen LogP contribution in [0.3, 0.4) is 0 Å². The van der Waals surface area contributed by atoms with Gasteiger partial charge in [-0.25, -0.2) is 4.98 Å². The predicted octanol–water partition coefficient (Wildman–Crippen LogP) is 4.47. The molecule has 1 aliphatic rings. The molecular weight excluding hydrogens is 332 g/mol. The molecule has 0 atom stereocenters. The van der Waals surface area contributed by atoms with Crippen LogP contribution in [0.5, 0.6) is 0 Å². The molecule has 0 fully saturated rings. The van der Waals surface area contributed by atoms with Gasteiger partial charge in [-0.1, -0.05) is 36.4 Å². The zero-order chi connectivity index (χ0) is 18.3. The highest BCUT2D eigenvalue weighted by Gasteiger charge is 2.14. The van der Waals surface area contributed by atoms with E-state index in [1.54, 1.807) is 0 Å². The zero-order valence-corrected chi connectivity index (χ0v) is 15.6. The van der Waals surface area contributed by atoms with E-state index in [-0.39, 0.29) is 0 Å². The maximum atomic E-state index is 4.57. The van der Waals surface area contributed by atoms with E-state index in [1.807, 2.05) is 24.5 Å². The molecule has 0 aliphatic heterocycles. The predicted molar refractivity (Wildman–Crippen MR) is 111 cm³/mol. The summed E-state index contributed by atoms with van der Waals surface area (Å²) >= 11 is 0. The summed E-state index contributed by atoms with van der Waals surface area (Å²) < 4.78 is 0. The molecule has 0 amide bonds. The smallest absolute Gasteiger partial charge is 0.128 e. The molecule has 3 aromatic rings. The van der Waals surface area contributed by atoms with Gasteiger partial charge in [0.2, 0.25) is 0 Å². The summed E-state index contributed by atoms with van der Waals surface area (Å²) in [5.74, 6) is 1.01. The van der Waals surface area contributed by atoms with E-state index in [0.29, 0.717) is 0 Å². The Morgan fingerprint density at radius 3 is 2.56 bits per heavy atom. The molecule has 0 saturated carbocycles. The minimum Gasteiger partial charge on any atom is -0.383 e. The summed E-state index contributed by atoms with van der Waals surface area (Å²) in [6, 6.07) is 18.8. The SMILES string of the molecule is c1ccc(CN(CCNc2ccnc3c2CCCC3)c2ccccn2)cc1. The van der Waals surface area contributed by atoms with Gasteiger partial charge < -0.3 is 10.2 Å². The molecule has 0 radical (unpaired) electrons. The lowest BCUT2D eigenvalue weighted by atomic mass is 9.95. The van der Waals surface area contributed by atoms with Crippen LogP contribution < -0.4 is 10.2 Å². The lowest BCUT2D eigenvalue weighted by molar-refractivity contribution is 0.668. The first-order chi connectivity index (χ1) is 13.4. The first-order valence-corrected chi connectivity index (χ1v) is 9.81. The maximum absolute atomic E-state index is 4.57. The largest absolute Gasteiger partial charge is 0.383 e. The number of aryl methyl sites for hydroxylation is 1. The van der Waals surface area contributed by atoms with Gasteiger partial charge in [0.05, 0.1) is 0 Å². The number of rotatable bonds is 7. The molecule has 4 nitrogen and oxygen atoms in total. The Balaban J connectivity index is 1.45. The number of fused-ring (bicyclic) bond motifs is 1. The fraction of sp³-hybridized carbons (Fsp3) is 0.304. The van der Waals surface area contributed by atoms with E-state index in [2.05, 4.69) is 62.6 Å². The molecular formula is C23H26N4. The Morgan fingerprint density at radius 1 is 0.852 bits per heavy atom. The summed E-state index contributed by atoms with van der Waals surface area (Å²) in [5.41, 5.74) is 5.23. The van der Waals surface area contributed by atoms with Gasteiger partial charge >= 0.3 is 0 Å². The van der Waals surface area contributed by atoms with Gasteiger partial charge in [0, 0.05) is 43.4 Å². The second-order valence-corrected chi connectivity index (χ2v) is 7.01. The minimum absolute atomic E-state index is 0.855. The van der Waals surface area contributed by atoms with Crippen LogP contribution in [0, 0.1) is 0 Å². The molecule has 2 heterocycles. The van der Waals surface area contributed by atoms with E-state index in [0.717, 1.165) is 38.3 Å². The number of hydrogen-bond acceptors (Lipinski definition) is 4. The summed E-state index contributed by atoms with van der Waals surface area (Å²) in [7, 11) is 0. The molecule has 0 unspecified atom stereocenters. The van der Waals surface area contributed by atoms with Crippen LogP contribution in [-0.4, -0.2) is 23.1 Å². The Bertz CT molecular complexity index is 849. The topological polar surface area (TPSA) is 41.0 Å². The van der Waals surface area contributed by atoms with E-state index in [1.165, 1.54) is 35.3 Å². The highest BCUT2D eigenvalue weighted by atomic mass is 15.2. The third kappa shape index (κ3) is 4.45. The first-order valence-electron chi connectivity index (χ1n) is 9.81. The minimum atomic E-state index is 0.855. The maximum Gasteiger partial charge on any atom is 0.128 e. The van der Waals surface area contributed by atoms with Gasteiger partial charge in [-0.15, -0.1) is 0 Å². The van der Waals surface area contributed by atoms with Crippen LogP contribution in [0.4, 0.5) is 11.5 Å². The van der Waals surface area contributed by atoms with Crippen LogP contribution >= 0.6 is 0 Å². The Kier molecular flexibility index (Phi) is 5.63. The molecule has 4 heteroatoms. The first kappa shape index (κ1) is 17.5. The second-order valence-electron chi connectivity index (χ2n) is 7.01. The molecule has 27 heavy (non-hydrogen) atoms. The summed E-state index contributed by atoms with van der Waals surface area (Å²) in [4.78, 5) is 11.5. The number of anilines is 2. The van der Waals surface area contributed by atoms with Crippen LogP contribution in [-0.2, 0) is 19.4 Å². The molecule has 1 aliphatic carbocycles. The molecule has 1 aromatic carbocycles. The van der Waals surface area contributed by atoms with Gasteiger partial charge in [0.25, 0.3) is 0 Å². The van der Waals surface area contributed by atoms with E-state index >= 15 is 0 Å². The molecule has 0 spiro atoms. The number of nitrogens with one attached hydrogen (secondary N) is 1. The second kappa shape index (κ2) is 8.67. The van der Waals surface area contributed by atoms with E-state index in [4.69, 9.17) is 0 Å². The van der Waals surface area contributed by atoms with Crippen molar-refractivity contribution in [3.05, 3.63) is 83.8 Å². The quantitative estimate of drug-likeness (QED) is 0.676. The zero-order valence-electron chi connectivity index (χ0n) is 15.6. The third-order valence-electron chi connectivity index (χ3n) is 5.12. The van der Waals surface area contributed by atoms with Crippen molar-refractivity contribution in [1.29, 1.82) is 0 Å². The van der Waals surface area contributed by atoms with Gasteiger partial charge in [-0.2, -0.15) is 0 Å². The van der Waals surface area contributed by atoms with Crippen LogP contribution in [0.25, 0.3) is 0 Å². The molecule has 0 saturated heterocycles. The monoisotopic (exact) mass is 358 g/mol. The highest BCUT2D eigenvalue weighted by Crippen LogP contribution is 2.26. The van der Waals surface area contributed by atoms with Crippen molar-refractivity contribution in [2.75, 3.05) is 23.3 Å². The van der Waals surface area contributed by atoms with Crippen molar-refractivity contribution >= 4 is 11.5 Å². The van der Waals surface area contributed by atoms with Gasteiger partial charge in [0.15, 0.2) is 0 Å². The van der Waals surface area contributed by atoms with Crippen molar-refractivity contribution in [2.45, 2.75) is 32.2 Å². The molecule has 4 rings (SSSR count). The summed E-state index contributed by atoms with van der Waals surface area (Å²) in [6.07, 6.45) is 8.57. The molecule has 0 bridgehead atoms. The fourth-order valence-corrected chi connectivity index (χ4v) is 3.73. The van der Waals surface area contributed by atoms with Crippen molar-refractivity contribution in [3.63, 3.8) is 0 Å². The number of hydrogen-bond donors (Lipinski definition) is 1. The number of benzene rings is 1. The Hall–Kier alpha value is -2.88. The van der Waals surface area contributed by atoms with Crippen molar-refractivity contribution in [2.24, 2.45) is 0 Å². The number of nitrogens with zero attached hydrogens (tertiary/aromatic N) is 3. The van der Waals surface area contributed by atoms with Crippen molar-refractivity contribution in [1.82, 2.24) is 9.97 Å². The Labute approximate surface area is 161 Å². The van der Waals surface area contributed by atoms with Crippen LogP contribution in [0.15, 0.2) is 67.0 Å². The normalized spacial score (nSPS) is 13.0. The lowest BCUT2D eigenvalue weighted by Crippen LogP contribution is -2.29. The fourth-order valence-electron chi connectivity index (χ4n) is 3.73. The molecule has 1 N–H and O–H groups in total. The van der Waals surface area contributed by atoms with Gasteiger partial charge in [0.1, 0.15) is 5.82 Å². The van der Waals surface area contributed by atoms with E-state index in [9.17, 15) is 0 Å². The lowest BCUT2D eigenvalue weighted by Gasteiger charge is -2.25. The standard InChI is InChI=1S/C23H26N4/c1-2-8-19(9-3-1)18-27(23-12-6-7-14-26-23)17-16-25-22-13-15-24-21-11-5-4-10-20(21)22/h1-3,6-9,12-15H,4-5,10-11,16-18H2,(H,24,25). The van der Waals surface area contributed by atoms with Gasteiger partial charge in [-0.05, 0) is 55.0 Å². The molecule has 138 valence electrons. The van der Waals surface area contributed by atoms with Crippen LogP contribution in [0.1, 0.15) is 29.7 Å². The average molecular weight is 358 g/mol. The highest BCUT2D eigenvalue weighted by molar-refractivity contribution is 5.53. The molecule has 2 aromatic heterocycles. The summed E-state index contributed by atoms with van der Waals surface area (Å²) in [5, 5.41) is 3.65.